The van der Waals surface area contributed by atoms with Gasteiger partial charge in [-0.2, -0.15) is 4.31 Å². The first-order chi connectivity index (χ1) is 14.5. The molecule has 1 aliphatic heterocycles. The number of amides is 1. The summed E-state index contributed by atoms with van der Waals surface area (Å²) >= 11 is 0. The molecule has 1 fully saturated rings. The summed E-state index contributed by atoms with van der Waals surface area (Å²) in [7, 11) is -1.98. The van der Waals surface area contributed by atoms with Crippen molar-refractivity contribution in [1.82, 2.24) is 14.5 Å². The molecule has 6 nitrogen and oxygen atoms in total. The van der Waals surface area contributed by atoms with Crippen LogP contribution in [0.3, 0.4) is 0 Å². The van der Waals surface area contributed by atoms with Gasteiger partial charge in [-0.3, -0.25) is 4.79 Å². The third kappa shape index (κ3) is 6.14. The molecule has 2 aromatic rings. The Morgan fingerprint density at radius 3 is 2.33 bits per heavy atom. The maximum Gasteiger partial charge on any atom is 0.251 e. The summed E-state index contributed by atoms with van der Waals surface area (Å²) < 4.78 is 26.6. The lowest BCUT2D eigenvalue weighted by Crippen LogP contribution is -2.33. The van der Waals surface area contributed by atoms with E-state index in [-0.39, 0.29) is 17.3 Å². The van der Waals surface area contributed by atoms with Gasteiger partial charge in [0.25, 0.3) is 5.91 Å². The van der Waals surface area contributed by atoms with Crippen molar-refractivity contribution < 1.29 is 13.2 Å². The van der Waals surface area contributed by atoms with Gasteiger partial charge in [-0.1, -0.05) is 36.8 Å². The number of hydrogen-bond donors (Lipinski definition) is 1. The van der Waals surface area contributed by atoms with Crippen LogP contribution in [0.1, 0.15) is 41.6 Å². The second-order valence-electron chi connectivity index (χ2n) is 7.78. The Morgan fingerprint density at radius 1 is 1.00 bits per heavy atom. The third-order valence-corrected chi connectivity index (χ3v) is 7.28. The number of hydrogen-bond acceptors (Lipinski definition) is 4. The highest BCUT2D eigenvalue weighted by molar-refractivity contribution is 7.89. The van der Waals surface area contributed by atoms with E-state index in [0.29, 0.717) is 12.1 Å². The van der Waals surface area contributed by atoms with Gasteiger partial charge in [0.05, 0.1) is 4.90 Å². The second-order valence-corrected chi connectivity index (χ2v) is 9.83. The van der Waals surface area contributed by atoms with Gasteiger partial charge in [-0.25, -0.2) is 8.42 Å². The van der Waals surface area contributed by atoms with Crippen molar-refractivity contribution in [2.24, 2.45) is 0 Å². The second kappa shape index (κ2) is 10.7. The minimum absolute atomic E-state index is 0.0922. The zero-order valence-corrected chi connectivity index (χ0v) is 18.4. The van der Waals surface area contributed by atoms with Crippen molar-refractivity contribution in [3.8, 4) is 0 Å². The number of piperidine rings is 1. The Morgan fingerprint density at radius 2 is 1.67 bits per heavy atom. The van der Waals surface area contributed by atoms with Crippen molar-refractivity contribution in [2.75, 3.05) is 33.2 Å². The van der Waals surface area contributed by atoms with Crippen LogP contribution >= 0.6 is 0 Å². The van der Waals surface area contributed by atoms with Crippen LogP contribution in [-0.2, 0) is 16.6 Å². The predicted molar refractivity (Wildman–Crippen MR) is 119 cm³/mol. The van der Waals surface area contributed by atoms with E-state index in [4.69, 9.17) is 0 Å². The molecular weight excluding hydrogens is 398 g/mol. The summed E-state index contributed by atoms with van der Waals surface area (Å²) in [4.78, 5) is 15.1. The lowest BCUT2D eigenvalue weighted by atomic mass is 10.1. The first-order valence-corrected chi connectivity index (χ1v) is 12.0. The number of nitrogens with zero attached hydrogens (tertiary/aromatic N) is 2. The molecule has 0 radical (unpaired) electrons. The largest absolute Gasteiger partial charge is 0.352 e. The molecule has 162 valence electrons. The Balaban J connectivity index is 1.47. The zero-order valence-electron chi connectivity index (χ0n) is 17.6. The van der Waals surface area contributed by atoms with E-state index in [0.717, 1.165) is 18.5 Å². The molecule has 1 heterocycles. The number of rotatable bonds is 9. The first-order valence-electron chi connectivity index (χ1n) is 10.6. The van der Waals surface area contributed by atoms with Gasteiger partial charge in [-0.15, -0.1) is 0 Å². The van der Waals surface area contributed by atoms with Gasteiger partial charge in [0.1, 0.15) is 0 Å². The molecule has 1 amide bonds. The van der Waals surface area contributed by atoms with Gasteiger partial charge in [-0.05, 0) is 68.7 Å². The lowest BCUT2D eigenvalue weighted by Gasteiger charge is -2.26. The number of carbonyl (C=O) groups is 1. The van der Waals surface area contributed by atoms with E-state index in [1.165, 1.54) is 36.7 Å². The Kier molecular flexibility index (Phi) is 8.01. The van der Waals surface area contributed by atoms with Crippen LogP contribution in [0.15, 0.2) is 59.5 Å². The number of sulfonamides is 1. The fraction of sp³-hybridized carbons (Fsp3) is 0.435. The highest BCUT2D eigenvalue weighted by Gasteiger charge is 2.20. The van der Waals surface area contributed by atoms with Crippen molar-refractivity contribution in [1.29, 1.82) is 0 Å². The summed E-state index contributed by atoms with van der Waals surface area (Å²) in [5.41, 5.74) is 1.42. The van der Waals surface area contributed by atoms with Crippen LogP contribution < -0.4 is 5.32 Å². The average Bonchev–Trinajstić information content (AvgIpc) is 2.78. The summed E-state index contributed by atoms with van der Waals surface area (Å²) in [5, 5.41) is 2.97. The summed E-state index contributed by atoms with van der Waals surface area (Å²) in [6.07, 6.45) is 4.84. The molecule has 0 atom stereocenters. The van der Waals surface area contributed by atoms with Crippen LogP contribution in [0.4, 0.5) is 0 Å². The minimum atomic E-state index is -3.54. The molecule has 0 aliphatic carbocycles. The Labute approximate surface area is 179 Å². The number of carbonyl (C=O) groups excluding carboxylic acids is 1. The third-order valence-electron chi connectivity index (χ3n) is 5.46. The van der Waals surface area contributed by atoms with Crippen molar-refractivity contribution in [2.45, 2.75) is 37.1 Å². The van der Waals surface area contributed by atoms with Crippen LogP contribution in [0.2, 0.25) is 0 Å². The van der Waals surface area contributed by atoms with E-state index in [2.05, 4.69) is 10.2 Å². The molecule has 0 aromatic heterocycles. The SMILES string of the molecule is CN(Cc1ccc(C(=O)NCCCN2CCCCC2)cc1)S(=O)(=O)c1ccccc1. The monoisotopic (exact) mass is 429 g/mol. The van der Waals surface area contributed by atoms with E-state index in [1.54, 1.807) is 61.6 Å². The van der Waals surface area contributed by atoms with Gasteiger partial charge in [0, 0.05) is 25.7 Å². The molecule has 1 aliphatic rings. The quantitative estimate of drug-likeness (QED) is 0.622. The smallest absolute Gasteiger partial charge is 0.251 e. The van der Waals surface area contributed by atoms with Gasteiger partial charge in [0.15, 0.2) is 0 Å². The zero-order chi connectivity index (χ0) is 21.4. The van der Waals surface area contributed by atoms with Crippen LogP contribution in [-0.4, -0.2) is 56.8 Å². The Bertz CT molecular complexity index is 908. The number of likely N-dealkylation sites (tertiary alicyclic amines) is 1. The predicted octanol–water partition coefficient (Wildman–Crippen LogP) is 3.11. The summed E-state index contributed by atoms with van der Waals surface area (Å²) in [6.45, 7) is 4.28. The van der Waals surface area contributed by atoms with Crippen molar-refractivity contribution in [3.63, 3.8) is 0 Å². The fourth-order valence-corrected chi connectivity index (χ4v) is 4.85. The fourth-order valence-electron chi connectivity index (χ4n) is 3.67. The van der Waals surface area contributed by atoms with E-state index >= 15 is 0 Å². The van der Waals surface area contributed by atoms with E-state index in [1.807, 2.05) is 0 Å². The average molecular weight is 430 g/mol. The summed E-state index contributed by atoms with van der Waals surface area (Å²) in [6, 6.07) is 15.5. The van der Waals surface area contributed by atoms with Crippen LogP contribution in [0.5, 0.6) is 0 Å². The van der Waals surface area contributed by atoms with E-state index < -0.39 is 10.0 Å². The molecule has 1 N–H and O–H groups in total. The normalized spacial score (nSPS) is 15.3. The Hall–Kier alpha value is -2.22. The molecule has 0 spiro atoms. The minimum Gasteiger partial charge on any atom is -0.352 e. The molecule has 0 saturated carbocycles. The number of nitrogens with one attached hydrogen (secondary N) is 1. The molecule has 0 bridgehead atoms. The molecular formula is C23H31N3O3S. The maximum atomic E-state index is 12.6. The van der Waals surface area contributed by atoms with Crippen LogP contribution in [0, 0.1) is 0 Å². The lowest BCUT2D eigenvalue weighted by molar-refractivity contribution is 0.0951. The van der Waals surface area contributed by atoms with Crippen LogP contribution in [0.25, 0.3) is 0 Å². The van der Waals surface area contributed by atoms with Crippen molar-refractivity contribution >= 4 is 15.9 Å². The first kappa shape index (κ1) is 22.5. The molecule has 30 heavy (non-hydrogen) atoms. The number of benzene rings is 2. The van der Waals surface area contributed by atoms with Crippen molar-refractivity contribution in [3.05, 3.63) is 65.7 Å². The topological polar surface area (TPSA) is 69.7 Å². The maximum absolute atomic E-state index is 12.6. The summed E-state index contributed by atoms with van der Waals surface area (Å²) in [5.74, 6) is -0.0922. The highest BCUT2D eigenvalue weighted by atomic mass is 32.2. The standard InChI is InChI=1S/C23H31N3O3S/c1-25(30(28,29)22-9-4-2-5-10-22)19-20-11-13-21(14-12-20)23(27)24-15-8-18-26-16-6-3-7-17-26/h2,4-5,9-14H,3,6-8,15-19H2,1H3,(H,24,27). The molecule has 2 aromatic carbocycles. The molecule has 0 unspecified atom stereocenters. The molecule has 1 saturated heterocycles. The van der Waals surface area contributed by atoms with E-state index in [9.17, 15) is 13.2 Å². The van der Waals surface area contributed by atoms with Gasteiger partial charge < -0.3 is 10.2 Å². The van der Waals surface area contributed by atoms with Gasteiger partial charge in [0.2, 0.25) is 10.0 Å². The molecule has 7 heteroatoms. The highest BCUT2D eigenvalue weighted by Crippen LogP contribution is 2.16. The molecule has 3 rings (SSSR count). The van der Waals surface area contributed by atoms with Gasteiger partial charge >= 0.3 is 0 Å².